The first-order chi connectivity index (χ1) is 10.8. The predicted molar refractivity (Wildman–Crippen MR) is 84.5 cm³/mol. The largest absolute Gasteiger partial charge is 0.373 e. The Morgan fingerprint density at radius 1 is 1.18 bits per heavy atom. The number of nitrogens with one attached hydrogen (secondary N) is 2. The lowest BCUT2D eigenvalue weighted by molar-refractivity contribution is 0.0911. The van der Waals surface area contributed by atoms with Crippen LogP contribution >= 0.6 is 0 Å². The molecule has 1 aromatic carbocycles. The van der Waals surface area contributed by atoms with E-state index in [-0.39, 0.29) is 12.1 Å². The van der Waals surface area contributed by atoms with Crippen LogP contribution in [0.25, 0.3) is 0 Å². The average Bonchev–Trinajstić information content (AvgIpc) is 3.03. The lowest BCUT2D eigenvalue weighted by atomic mass is 9.95. The van der Waals surface area contributed by atoms with Gasteiger partial charge in [0.25, 0.3) is 0 Å². The number of anilines is 1. The van der Waals surface area contributed by atoms with Gasteiger partial charge in [0.2, 0.25) is 0 Å². The van der Waals surface area contributed by atoms with E-state index in [1.54, 1.807) is 24.5 Å². The quantitative estimate of drug-likeness (QED) is 0.912. The average molecular weight is 297 g/mol. The summed E-state index contributed by atoms with van der Waals surface area (Å²) in [6.07, 6.45) is 4.30. The molecule has 114 valence electrons. The fourth-order valence-electron chi connectivity index (χ4n) is 2.69. The van der Waals surface area contributed by atoms with Gasteiger partial charge in [-0.15, -0.1) is 0 Å². The summed E-state index contributed by atoms with van der Waals surface area (Å²) in [7, 11) is 0. The molecule has 0 saturated carbocycles. The molecule has 3 rings (SSSR count). The Labute approximate surface area is 129 Å². The van der Waals surface area contributed by atoms with Gasteiger partial charge in [0, 0.05) is 37.2 Å². The molecule has 1 fully saturated rings. The summed E-state index contributed by atoms with van der Waals surface area (Å²) in [5.41, 5.74) is 1.90. The van der Waals surface area contributed by atoms with Gasteiger partial charge < -0.3 is 15.4 Å². The molecule has 0 aliphatic carbocycles. The van der Waals surface area contributed by atoms with E-state index in [0.717, 1.165) is 18.7 Å². The van der Waals surface area contributed by atoms with Crippen molar-refractivity contribution in [3.8, 4) is 0 Å². The number of urea groups is 1. The van der Waals surface area contributed by atoms with Gasteiger partial charge in [-0.05, 0) is 24.1 Å². The first kappa shape index (κ1) is 14.5. The lowest BCUT2D eigenvalue weighted by Gasteiger charge is -2.19. The summed E-state index contributed by atoms with van der Waals surface area (Å²) in [6, 6.07) is 13.5. The minimum absolute atomic E-state index is 0.0578. The molecule has 0 radical (unpaired) electrons. The molecular weight excluding hydrogens is 278 g/mol. The number of pyridine rings is 1. The molecule has 22 heavy (non-hydrogen) atoms. The topological polar surface area (TPSA) is 63.2 Å². The van der Waals surface area contributed by atoms with Gasteiger partial charge in [-0.1, -0.05) is 30.3 Å². The fraction of sp³-hybridized carbons (Fsp3) is 0.294. The van der Waals surface area contributed by atoms with Crippen LogP contribution in [0.2, 0.25) is 0 Å². The first-order valence-electron chi connectivity index (χ1n) is 7.44. The highest BCUT2D eigenvalue weighted by Gasteiger charge is 2.29. The monoisotopic (exact) mass is 297 g/mol. The van der Waals surface area contributed by atoms with Crippen LogP contribution in [0.3, 0.4) is 0 Å². The van der Waals surface area contributed by atoms with Crippen molar-refractivity contribution in [1.29, 1.82) is 0 Å². The van der Waals surface area contributed by atoms with Crippen LogP contribution < -0.4 is 10.6 Å². The lowest BCUT2D eigenvalue weighted by Crippen LogP contribution is -2.34. The normalized spacial score (nSPS) is 20.5. The number of aromatic nitrogens is 1. The number of rotatable bonds is 4. The van der Waals surface area contributed by atoms with Crippen molar-refractivity contribution in [3.05, 3.63) is 60.4 Å². The zero-order chi connectivity index (χ0) is 15.2. The Balaban J connectivity index is 1.53. The molecule has 5 nitrogen and oxygen atoms in total. The highest BCUT2D eigenvalue weighted by Crippen LogP contribution is 2.33. The fourth-order valence-corrected chi connectivity index (χ4v) is 2.69. The third kappa shape index (κ3) is 3.62. The van der Waals surface area contributed by atoms with E-state index >= 15 is 0 Å². The number of benzene rings is 1. The summed E-state index contributed by atoms with van der Waals surface area (Å²) in [4.78, 5) is 15.8. The highest BCUT2D eigenvalue weighted by molar-refractivity contribution is 5.89. The number of carbonyl (C=O) groups is 1. The van der Waals surface area contributed by atoms with E-state index < -0.39 is 0 Å². The van der Waals surface area contributed by atoms with Crippen molar-refractivity contribution in [2.45, 2.75) is 12.5 Å². The third-order valence-corrected chi connectivity index (χ3v) is 3.81. The van der Waals surface area contributed by atoms with E-state index in [0.29, 0.717) is 12.5 Å². The van der Waals surface area contributed by atoms with Gasteiger partial charge in [-0.3, -0.25) is 4.98 Å². The molecule has 2 amide bonds. The molecule has 0 unspecified atom stereocenters. The second-order valence-corrected chi connectivity index (χ2v) is 5.32. The standard InChI is InChI=1S/C17H19N3O2/c21-17(20-15-6-9-18-10-7-15)19-12-14-8-11-22-16(14)13-4-2-1-3-5-13/h1-7,9-10,14,16H,8,11-12H2,(H2,18,19,20,21)/t14-,16-/m1/s1. The van der Waals surface area contributed by atoms with Gasteiger partial charge in [0.05, 0.1) is 6.10 Å². The third-order valence-electron chi connectivity index (χ3n) is 3.81. The molecular formula is C17H19N3O2. The number of amides is 2. The molecule has 1 aliphatic rings. The Morgan fingerprint density at radius 2 is 1.95 bits per heavy atom. The summed E-state index contributed by atoms with van der Waals surface area (Å²) in [6.45, 7) is 1.33. The van der Waals surface area contributed by atoms with Gasteiger partial charge in [0.15, 0.2) is 0 Å². The van der Waals surface area contributed by atoms with Gasteiger partial charge in [-0.25, -0.2) is 4.79 Å². The van der Waals surface area contributed by atoms with E-state index in [1.807, 2.05) is 18.2 Å². The number of hydrogen-bond donors (Lipinski definition) is 2. The number of ether oxygens (including phenoxy) is 1. The van der Waals surface area contributed by atoms with E-state index in [1.165, 1.54) is 5.56 Å². The Morgan fingerprint density at radius 3 is 2.73 bits per heavy atom. The zero-order valence-corrected chi connectivity index (χ0v) is 12.2. The van der Waals surface area contributed by atoms with Crippen LogP contribution in [0.4, 0.5) is 10.5 Å². The van der Waals surface area contributed by atoms with E-state index in [4.69, 9.17) is 4.74 Å². The Bertz CT molecular complexity index is 604. The van der Waals surface area contributed by atoms with Gasteiger partial charge >= 0.3 is 6.03 Å². The molecule has 2 aromatic rings. The first-order valence-corrected chi connectivity index (χ1v) is 7.44. The van der Waals surface area contributed by atoms with Crippen molar-refractivity contribution in [1.82, 2.24) is 10.3 Å². The zero-order valence-electron chi connectivity index (χ0n) is 12.2. The molecule has 1 saturated heterocycles. The number of nitrogens with zero attached hydrogens (tertiary/aromatic N) is 1. The van der Waals surface area contributed by atoms with Crippen LogP contribution in [0.1, 0.15) is 18.1 Å². The van der Waals surface area contributed by atoms with Crippen LogP contribution in [-0.4, -0.2) is 24.2 Å². The molecule has 0 spiro atoms. The van der Waals surface area contributed by atoms with Crippen molar-refractivity contribution >= 4 is 11.7 Å². The molecule has 5 heteroatoms. The maximum Gasteiger partial charge on any atom is 0.319 e. The van der Waals surface area contributed by atoms with E-state index in [2.05, 4.69) is 27.8 Å². The Hall–Kier alpha value is -2.40. The van der Waals surface area contributed by atoms with Crippen LogP contribution in [0, 0.1) is 5.92 Å². The molecule has 2 heterocycles. The minimum Gasteiger partial charge on any atom is -0.373 e. The van der Waals surface area contributed by atoms with Crippen molar-refractivity contribution < 1.29 is 9.53 Å². The summed E-state index contributed by atoms with van der Waals surface area (Å²) in [5.74, 6) is 0.297. The van der Waals surface area contributed by atoms with Crippen LogP contribution in [0.15, 0.2) is 54.9 Å². The van der Waals surface area contributed by atoms with Crippen molar-refractivity contribution in [2.24, 2.45) is 5.92 Å². The molecule has 2 atom stereocenters. The number of hydrogen-bond acceptors (Lipinski definition) is 3. The maximum atomic E-state index is 11.9. The summed E-state index contributed by atoms with van der Waals surface area (Å²) in [5, 5.41) is 5.71. The molecule has 0 bridgehead atoms. The second-order valence-electron chi connectivity index (χ2n) is 5.32. The summed E-state index contributed by atoms with van der Waals surface area (Å²) < 4.78 is 5.82. The second kappa shape index (κ2) is 7.04. The minimum atomic E-state index is -0.204. The van der Waals surface area contributed by atoms with Crippen molar-refractivity contribution in [3.63, 3.8) is 0 Å². The Kier molecular flexibility index (Phi) is 4.65. The smallest absolute Gasteiger partial charge is 0.319 e. The van der Waals surface area contributed by atoms with Gasteiger partial charge in [-0.2, -0.15) is 0 Å². The van der Waals surface area contributed by atoms with Crippen LogP contribution in [0.5, 0.6) is 0 Å². The van der Waals surface area contributed by atoms with Crippen molar-refractivity contribution in [2.75, 3.05) is 18.5 Å². The molecule has 1 aliphatic heterocycles. The number of carbonyl (C=O) groups excluding carboxylic acids is 1. The summed E-state index contributed by atoms with van der Waals surface area (Å²) >= 11 is 0. The maximum absolute atomic E-state index is 11.9. The molecule has 2 N–H and O–H groups in total. The SMILES string of the molecule is O=C(NC[C@H]1CCO[C@@H]1c1ccccc1)Nc1ccncc1. The highest BCUT2D eigenvalue weighted by atomic mass is 16.5. The predicted octanol–water partition coefficient (Wildman–Crippen LogP) is 2.98. The van der Waals surface area contributed by atoms with E-state index in [9.17, 15) is 4.79 Å². The van der Waals surface area contributed by atoms with Gasteiger partial charge in [0.1, 0.15) is 0 Å². The molecule has 1 aromatic heterocycles. The van der Waals surface area contributed by atoms with Crippen LogP contribution in [-0.2, 0) is 4.74 Å².